The molecule has 0 radical (unpaired) electrons. The van der Waals surface area contributed by atoms with Gasteiger partial charge in [0.25, 0.3) is 0 Å². The molecule has 0 atom stereocenters. The third-order valence-electron chi connectivity index (χ3n) is 0.512. The lowest BCUT2D eigenvalue weighted by atomic mass is 15.9. The first-order valence-corrected chi connectivity index (χ1v) is 16.3. The van der Waals surface area contributed by atoms with Crippen molar-refractivity contribution in [1.82, 2.24) is 0 Å². The quantitative estimate of drug-likeness (QED) is 0.382. The second-order valence-electron chi connectivity index (χ2n) is 1.08. The van der Waals surface area contributed by atoms with E-state index >= 15 is 0 Å². The first-order valence-electron chi connectivity index (χ1n) is 2.02. The van der Waals surface area contributed by atoms with Crippen LogP contribution in [-0.2, 0) is 0 Å². The summed E-state index contributed by atoms with van der Waals surface area (Å²) in [6.07, 6.45) is 0. The van der Waals surface area contributed by atoms with Gasteiger partial charge in [-0.25, -0.2) is 0 Å². The molecule has 5 heteroatoms. The van der Waals surface area contributed by atoms with E-state index < -0.39 is 0 Å². The van der Waals surface area contributed by atoms with Crippen LogP contribution in [0.2, 0.25) is 0 Å². The van der Waals surface area contributed by atoms with E-state index in [1.165, 1.54) is 9.76 Å². The summed E-state index contributed by atoms with van der Waals surface area (Å²) in [7, 11) is 1.95. The van der Waals surface area contributed by atoms with Gasteiger partial charge in [-0.15, -0.1) is 0 Å². The summed E-state index contributed by atoms with van der Waals surface area (Å²) < 4.78 is 0. The summed E-state index contributed by atoms with van der Waals surface area (Å²) in [5, 5.41) is 0. The molecule has 0 amide bonds. The summed E-state index contributed by atoms with van der Waals surface area (Å²) >= 11 is 0. The second kappa shape index (κ2) is 4.83. The van der Waals surface area contributed by atoms with Crippen LogP contribution in [0.3, 0.4) is 0 Å². The molecule has 0 saturated carbocycles. The molecule has 0 spiro atoms. The van der Waals surface area contributed by atoms with E-state index in [1.54, 1.807) is 0 Å². The van der Waals surface area contributed by atoms with Crippen molar-refractivity contribution < 1.29 is 4.80 Å². The Morgan fingerprint density at radius 2 is 2.20 bits per heavy atom. The van der Waals surface area contributed by atoms with Gasteiger partial charge < -0.3 is 4.80 Å². The van der Waals surface area contributed by atoms with Gasteiger partial charge in [0.15, 0.2) is 0 Å². The third kappa shape index (κ3) is 4.83. The molecule has 0 saturated heterocycles. The molecule has 0 aromatic rings. The van der Waals surface area contributed by atoms with Crippen molar-refractivity contribution >= 4 is 36.1 Å². The lowest BCUT2D eigenvalue weighted by Crippen LogP contribution is -2.10. The number of rotatable bonds is 2. The van der Waals surface area contributed by atoms with Gasteiger partial charge in [-0.3, -0.25) is 0 Å². The summed E-state index contributed by atoms with van der Waals surface area (Å²) in [6, 6.07) is 0. The number of hydrogen-bond acceptors (Lipinski definition) is 1. The van der Waals surface area contributed by atoms with Crippen molar-refractivity contribution in [2.45, 2.75) is 0 Å². The van der Waals surface area contributed by atoms with Crippen molar-refractivity contribution in [2.75, 3.05) is 0 Å². The van der Waals surface area contributed by atoms with E-state index in [0.717, 1.165) is 0 Å². The van der Waals surface area contributed by atoms with Crippen LogP contribution in [0, 0.1) is 0 Å². The summed E-state index contributed by atoms with van der Waals surface area (Å²) in [5.41, 5.74) is 0. The molecule has 0 unspecified atom stereocenters. The zero-order valence-corrected chi connectivity index (χ0v) is 9.81. The highest BCUT2D eigenvalue weighted by molar-refractivity contribution is 7.40. The molecule has 0 rings (SSSR count). The minimum Gasteiger partial charge on any atom is -0.442 e. The van der Waals surface area contributed by atoms with Gasteiger partial charge in [0.05, 0.1) is 0 Å². The van der Waals surface area contributed by atoms with Crippen LogP contribution in [0.5, 0.6) is 0 Å². The molecule has 1 nitrogen and oxygen atoms in total. The molecule has 5 heavy (non-hydrogen) atoms. The predicted molar refractivity (Wildman–Crippen MR) is 37.8 cm³/mol. The molecule has 32 valence electrons. The molecule has 0 heterocycles. The Morgan fingerprint density at radius 3 is 2.20 bits per heavy atom. The van der Waals surface area contributed by atoms with Crippen LogP contribution >= 0.6 is 0 Å². The molecule has 0 aromatic carbocycles. The van der Waals surface area contributed by atoms with Crippen LogP contribution in [0.15, 0.2) is 0 Å². The smallest absolute Gasteiger partial charge is 0.135 e. The summed E-state index contributed by atoms with van der Waals surface area (Å²) in [4.78, 5) is 8.32. The highest BCUT2D eigenvalue weighted by atomic mass is 29.7. The fraction of sp³-hybridized carbons (Fsp3) is 0. The fourth-order valence-electron chi connectivity index (χ4n) is 0.158. The Morgan fingerprint density at radius 1 is 1.60 bits per heavy atom. The van der Waals surface area contributed by atoms with E-state index in [4.69, 9.17) is 4.80 Å². The van der Waals surface area contributed by atoms with Gasteiger partial charge in [0.1, 0.15) is 9.28 Å². The maximum absolute atomic E-state index is 8.32. The predicted octanol–water partition coefficient (Wildman–Crippen LogP) is -4.49. The van der Waals surface area contributed by atoms with Crippen LogP contribution in [0.25, 0.3) is 0 Å². The summed E-state index contributed by atoms with van der Waals surface area (Å²) in [6.45, 7) is 0. The van der Waals surface area contributed by atoms with E-state index in [2.05, 4.69) is 0 Å². The van der Waals surface area contributed by atoms with Gasteiger partial charge in [-0.05, 0) is 18.3 Å². The molecule has 0 aromatic heterocycles. The first-order chi connectivity index (χ1) is 2.41. The molecule has 0 fully saturated rings. The Kier molecular flexibility index (Phi) is 5.63. The topological polar surface area (TPSA) is 20.2 Å². The first kappa shape index (κ1) is 5.83. The standard InChI is InChI=1S/H10OSi4/c1-3-5-4-2/h1H,3-5H2,2H3. The Balaban J connectivity index is 2.19. The van der Waals surface area contributed by atoms with Crippen molar-refractivity contribution in [3.8, 4) is 0 Å². The van der Waals surface area contributed by atoms with E-state index in [1.807, 2.05) is 0 Å². The lowest BCUT2D eigenvalue weighted by molar-refractivity contribution is 0.621. The minimum absolute atomic E-state index is 0.327. The van der Waals surface area contributed by atoms with Gasteiger partial charge in [0, 0.05) is 8.55 Å². The SMILES string of the molecule is O[SiH2][SiH2][SiH2][SiH3]. The molecule has 0 bridgehead atoms. The van der Waals surface area contributed by atoms with Crippen molar-refractivity contribution in [3.05, 3.63) is 0 Å². The van der Waals surface area contributed by atoms with Crippen LogP contribution in [0.1, 0.15) is 0 Å². The normalized spacial score (nSPS) is 16.2. The van der Waals surface area contributed by atoms with Gasteiger partial charge in [-0.1, -0.05) is 0 Å². The van der Waals surface area contributed by atoms with Crippen molar-refractivity contribution in [2.24, 2.45) is 0 Å². The lowest BCUT2D eigenvalue weighted by Gasteiger charge is -1.74. The van der Waals surface area contributed by atoms with Crippen molar-refractivity contribution in [3.63, 3.8) is 0 Å². The second-order valence-corrected chi connectivity index (χ2v) is 25.1. The monoisotopic (exact) mass is 138 g/mol. The average Bonchev–Trinajstić information content (AvgIpc) is 1.41. The highest BCUT2D eigenvalue weighted by Gasteiger charge is 1.74. The molecule has 0 aliphatic rings. The third-order valence-corrected chi connectivity index (χ3v) is 32.9. The fourth-order valence-corrected chi connectivity index (χ4v) is 12.8. The van der Waals surface area contributed by atoms with E-state index in [9.17, 15) is 0 Å². The molecule has 0 aliphatic carbocycles. The van der Waals surface area contributed by atoms with Gasteiger partial charge in [-0.2, -0.15) is 0 Å². The molecule has 1 N–H and O–H groups in total. The Hall–Kier alpha value is 0.828. The van der Waals surface area contributed by atoms with E-state index in [0.29, 0.717) is 17.1 Å². The largest absolute Gasteiger partial charge is 0.442 e. The maximum Gasteiger partial charge on any atom is 0.135 e. The molecule has 0 aliphatic heterocycles. The zero-order valence-electron chi connectivity index (χ0n) is 3.57. The highest BCUT2D eigenvalue weighted by Crippen LogP contribution is 1.36. The summed E-state index contributed by atoms with van der Waals surface area (Å²) in [5.74, 6) is 0. The van der Waals surface area contributed by atoms with Gasteiger partial charge in [0.2, 0.25) is 0 Å². The Bertz CT molecular complexity index is 11.1. The Labute approximate surface area is 41.6 Å². The van der Waals surface area contributed by atoms with Crippen LogP contribution < -0.4 is 0 Å². The molecular weight excluding hydrogens is 128 g/mol. The van der Waals surface area contributed by atoms with Crippen molar-refractivity contribution in [1.29, 1.82) is 0 Å². The average molecular weight is 138 g/mol. The maximum atomic E-state index is 8.32. The van der Waals surface area contributed by atoms with E-state index in [-0.39, 0.29) is 9.28 Å². The van der Waals surface area contributed by atoms with Crippen LogP contribution in [-0.4, -0.2) is 40.9 Å². The molecular formula is H10OSi4. The van der Waals surface area contributed by atoms with Crippen LogP contribution in [0.4, 0.5) is 0 Å². The van der Waals surface area contributed by atoms with Gasteiger partial charge >= 0.3 is 0 Å². The zero-order chi connectivity index (χ0) is 4.12. The minimum atomic E-state index is -0.351. The number of hydrogen-bond donors (Lipinski definition) is 1.